The van der Waals surface area contributed by atoms with Crippen LogP contribution in [-0.4, -0.2) is 4.57 Å². The third kappa shape index (κ3) is 4.70. The third-order valence-corrected chi connectivity index (χ3v) is 14.0. The minimum absolute atomic E-state index is 0.455. The molecule has 64 heavy (non-hydrogen) atoms. The molecule has 0 unspecified atom stereocenters. The van der Waals surface area contributed by atoms with Crippen molar-refractivity contribution in [3.8, 4) is 39.1 Å². The zero-order valence-corrected chi connectivity index (χ0v) is 34.7. The van der Waals surface area contributed by atoms with E-state index in [0.717, 1.165) is 55.7 Å². The molecule has 0 aliphatic heterocycles. The number of benzene rings is 10. The Morgan fingerprint density at radius 2 is 0.984 bits per heavy atom. The second-order valence-electron chi connectivity index (χ2n) is 17.1. The summed E-state index contributed by atoms with van der Waals surface area (Å²) in [6.45, 7) is 0. The topological polar surface area (TPSA) is 21.3 Å². The molecule has 0 saturated heterocycles. The van der Waals surface area contributed by atoms with Crippen LogP contribution in [0.1, 0.15) is 22.3 Å². The summed E-state index contributed by atoms with van der Waals surface area (Å²) in [5.41, 5.74) is 20.9. The molecule has 0 fully saturated rings. The highest BCUT2D eigenvalue weighted by atomic mass is 16.3. The number of hydrogen-bond acceptors (Lipinski definition) is 2. The highest BCUT2D eigenvalue weighted by Gasteiger charge is 2.52. The van der Waals surface area contributed by atoms with Gasteiger partial charge in [-0.05, 0) is 117 Å². The summed E-state index contributed by atoms with van der Waals surface area (Å²) in [6, 6.07) is 84.5. The van der Waals surface area contributed by atoms with Crippen LogP contribution in [0.5, 0.6) is 0 Å². The fourth-order valence-corrected chi connectivity index (χ4v) is 11.5. The maximum absolute atomic E-state index is 6.50. The van der Waals surface area contributed by atoms with Crippen LogP contribution in [0.4, 0.5) is 17.1 Å². The van der Waals surface area contributed by atoms with E-state index in [4.69, 9.17) is 4.42 Å². The molecule has 3 heteroatoms. The van der Waals surface area contributed by atoms with Crippen molar-refractivity contribution in [3.63, 3.8) is 0 Å². The lowest BCUT2D eigenvalue weighted by Gasteiger charge is -2.32. The summed E-state index contributed by atoms with van der Waals surface area (Å²) in [5.74, 6) is 0. The number of fused-ring (bicyclic) bond motifs is 17. The lowest BCUT2D eigenvalue weighted by molar-refractivity contribution is 0.669. The molecule has 2 aromatic heterocycles. The van der Waals surface area contributed by atoms with Crippen molar-refractivity contribution >= 4 is 60.8 Å². The van der Waals surface area contributed by atoms with E-state index in [2.05, 4.69) is 234 Å². The molecule has 0 saturated carbocycles. The molecule has 3 nitrogen and oxygen atoms in total. The first-order valence-electron chi connectivity index (χ1n) is 22.1. The lowest BCUT2D eigenvalue weighted by atomic mass is 9.70. The minimum Gasteiger partial charge on any atom is -0.456 e. The van der Waals surface area contributed by atoms with E-state index in [1.54, 1.807) is 0 Å². The van der Waals surface area contributed by atoms with Gasteiger partial charge in [-0.1, -0.05) is 164 Å². The van der Waals surface area contributed by atoms with Crippen LogP contribution in [0, 0.1) is 0 Å². The predicted octanol–water partition coefficient (Wildman–Crippen LogP) is 16.2. The maximum atomic E-state index is 6.50. The molecular formula is C61H38N2O. The fraction of sp³-hybridized carbons (Fsp3) is 0.0164. The van der Waals surface area contributed by atoms with Crippen molar-refractivity contribution in [2.75, 3.05) is 4.90 Å². The molecule has 0 radical (unpaired) electrons. The monoisotopic (exact) mass is 814 g/mol. The summed E-state index contributed by atoms with van der Waals surface area (Å²) in [5, 5.41) is 4.60. The molecule has 12 aromatic rings. The Morgan fingerprint density at radius 1 is 0.391 bits per heavy atom. The van der Waals surface area contributed by atoms with Crippen LogP contribution in [0.15, 0.2) is 235 Å². The summed E-state index contributed by atoms with van der Waals surface area (Å²) in [4.78, 5) is 2.49. The maximum Gasteiger partial charge on any atom is 0.137 e. The molecule has 0 amide bonds. The average Bonchev–Trinajstić information content (AvgIpc) is 4.09. The van der Waals surface area contributed by atoms with Gasteiger partial charge >= 0.3 is 0 Å². The predicted molar refractivity (Wildman–Crippen MR) is 264 cm³/mol. The first kappa shape index (κ1) is 35.2. The normalized spacial score (nSPS) is 13.1. The van der Waals surface area contributed by atoms with Crippen LogP contribution in [0.3, 0.4) is 0 Å². The SMILES string of the molecule is c1ccc(-c2ccc(N(c3ccc4c(c3)c3ccc5oc6ccccc6c5c3n4-c3ccccc3)c3cccc4c3-c3ccccc3C43c4ccccc4-c4ccccc43)cc2)cc1. The van der Waals surface area contributed by atoms with E-state index < -0.39 is 5.41 Å². The van der Waals surface area contributed by atoms with Gasteiger partial charge in [0.1, 0.15) is 11.2 Å². The quantitative estimate of drug-likeness (QED) is 0.173. The molecule has 14 rings (SSSR count). The average molecular weight is 815 g/mol. The van der Waals surface area contributed by atoms with Gasteiger partial charge in [0.15, 0.2) is 0 Å². The van der Waals surface area contributed by atoms with Gasteiger partial charge in [0, 0.05) is 38.8 Å². The van der Waals surface area contributed by atoms with Gasteiger partial charge in [-0.2, -0.15) is 0 Å². The van der Waals surface area contributed by atoms with Crippen molar-refractivity contribution in [3.05, 3.63) is 253 Å². The fourth-order valence-electron chi connectivity index (χ4n) is 11.5. The highest BCUT2D eigenvalue weighted by Crippen LogP contribution is 2.64. The van der Waals surface area contributed by atoms with Gasteiger partial charge in [-0.15, -0.1) is 0 Å². The Bertz CT molecular complexity index is 3790. The standard InChI is InChI=1S/C61H38N2O/c1-3-16-39(17-4-1)40-30-32-42(33-31-40)62(55-28-15-27-53-58(55)47-22-9-13-26-52(47)61(53)50-24-11-7-20-44(50)45-21-8-12-25-51(45)61)43-34-36-54-49(38-43)46-35-37-57-59(48-23-10-14-29-56(48)64-57)60(46)63(54)41-18-5-2-6-19-41/h1-38H. The number of nitrogens with zero attached hydrogens (tertiary/aromatic N) is 2. The van der Waals surface area contributed by atoms with Gasteiger partial charge in [0.05, 0.1) is 27.5 Å². The Morgan fingerprint density at radius 3 is 1.73 bits per heavy atom. The smallest absolute Gasteiger partial charge is 0.137 e. The van der Waals surface area contributed by atoms with E-state index in [0.29, 0.717) is 0 Å². The molecule has 0 N–H and O–H groups in total. The van der Waals surface area contributed by atoms with Crippen LogP contribution in [-0.2, 0) is 5.41 Å². The number of rotatable bonds is 5. The Hall–Kier alpha value is -8.40. The molecule has 298 valence electrons. The Labute approximate surface area is 370 Å². The number of hydrogen-bond donors (Lipinski definition) is 0. The van der Waals surface area contributed by atoms with E-state index in [1.165, 1.54) is 66.4 Å². The van der Waals surface area contributed by atoms with Gasteiger partial charge in [0.2, 0.25) is 0 Å². The summed E-state index contributed by atoms with van der Waals surface area (Å²) in [7, 11) is 0. The number of furan rings is 1. The Balaban J connectivity index is 1.06. The van der Waals surface area contributed by atoms with Gasteiger partial charge in [0.25, 0.3) is 0 Å². The van der Waals surface area contributed by atoms with Crippen LogP contribution in [0.25, 0.3) is 82.8 Å². The second kappa shape index (κ2) is 13.3. The molecule has 0 bridgehead atoms. The summed E-state index contributed by atoms with van der Waals surface area (Å²) >= 11 is 0. The molecule has 0 atom stereocenters. The molecule has 2 heterocycles. The second-order valence-corrected chi connectivity index (χ2v) is 17.1. The number of para-hydroxylation sites is 2. The van der Waals surface area contributed by atoms with Crippen molar-refractivity contribution < 1.29 is 4.42 Å². The first-order valence-corrected chi connectivity index (χ1v) is 22.1. The van der Waals surface area contributed by atoms with Gasteiger partial charge in [-0.3, -0.25) is 0 Å². The highest BCUT2D eigenvalue weighted by molar-refractivity contribution is 6.25. The largest absolute Gasteiger partial charge is 0.456 e. The zero-order valence-electron chi connectivity index (χ0n) is 34.7. The van der Waals surface area contributed by atoms with Crippen molar-refractivity contribution in [1.29, 1.82) is 0 Å². The van der Waals surface area contributed by atoms with Gasteiger partial charge < -0.3 is 13.9 Å². The number of anilines is 3. The van der Waals surface area contributed by atoms with Crippen molar-refractivity contribution in [2.45, 2.75) is 5.41 Å². The first-order chi connectivity index (χ1) is 31.8. The van der Waals surface area contributed by atoms with E-state index in [-0.39, 0.29) is 0 Å². The van der Waals surface area contributed by atoms with Crippen molar-refractivity contribution in [2.24, 2.45) is 0 Å². The van der Waals surface area contributed by atoms with Crippen molar-refractivity contribution in [1.82, 2.24) is 4.57 Å². The van der Waals surface area contributed by atoms with Crippen LogP contribution in [0.2, 0.25) is 0 Å². The Kier molecular flexibility index (Phi) is 7.32. The number of aromatic nitrogens is 1. The molecule has 2 aliphatic rings. The summed E-state index contributed by atoms with van der Waals surface area (Å²) < 4.78 is 8.92. The lowest BCUT2D eigenvalue weighted by Crippen LogP contribution is -2.26. The molecule has 10 aromatic carbocycles. The van der Waals surface area contributed by atoms with Crippen LogP contribution < -0.4 is 4.90 Å². The molecular weight excluding hydrogens is 777 g/mol. The summed E-state index contributed by atoms with van der Waals surface area (Å²) in [6.07, 6.45) is 0. The van der Waals surface area contributed by atoms with Gasteiger partial charge in [-0.25, -0.2) is 0 Å². The zero-order chi connectivity index (χ0) is 41.9. The van der Waals surface area contributed by atoms with E-state index >= 15 is 0 Å². The molecule has 2 aliphatic carbocycles. The third-order valence-electron chi connectivity index (χ3n) is 14.0. The van der Waals surface area contributed by atoms with E-state index in [1.807, 2.05) is 6.07 Å². The minimum atomic E-state index is -0.455. The van der Waals surface area contributed by atoms with Crippen LogP contribution >= 0.6 is 0 Å². The molecule has 1 spiro atoms. The van der Waals surface area contributed by atoms with E-state index in [9.17, 15) is 0 Å².